The number of hydrogen-bond donors (Lipinski definition) is 1. The quantitative estimate of drug-likeness (QED) is 0.894. The van der Waals surface area contributed by atoms with Crippen molar-refractivity contribution in [3.05, 3.63) is 36.5 Å². The Hall–Kier alpha value is -2.35. The van der Waals surface area contributed by atoms with Gasteiger partial charge in [-0.05, 0) is 12.1 Å². The lowest BCUT2D eigenvalue weighted by atomic mass is 10.4. The number of nitrogens with zero attached hydrogens (tertiary/aromatic N) is 2. The monoisotopic (exact) mass is 295 g/mol. The van der Waals surface area contributed by atoms with Gasteiger partial charge in [0, 0.05) is 0 Å². The van der Waals surface area contributed by atoms with Crippen LogP contribution in [0.15, 0.2) is 41.4 Å². The second kappa shape index (κ2) is 5.74. The van der Waals surface area contributed by atoms with E-state index in [-0.39, 0.29) is 22.5 Å². The van der Waals surface area contributed by atoms with Crippen LogP contribution in [0.2, 0.25) is 0 Å². The molecule has 0 aliphatic carbocycles. The Morgan fingerprint density at radius 2 is 1.80 bits per heavy atom. The molecule has 0 bridgehead atoms. The molecule has 106 valence electrons. The molecular weight excluding hydrogens is 282 g/mol. The molecule has 0 saturated heterocycles. The van der Waals surface area contributed by atoms with Gasteiger partial charge in [0.1, 0.15) is 5.69 Å². The summed E-state index contributed by atoms with van der Waals surface area (Å²) >= 11 is 0. The molecule has 0 fully saturated rings. The van der Waals surface area contributed by atoms with E-state index in [1.54, 1.807) is 18.2 Å². The fourth-order valence-electron chi connectivity index (χ4n) is 1.48. The third kappa shape index (κ3) is 2.97. The summed E-state index contributed by atoms with van der Waals surface area (Å²) in [5.74, 6) is 0.0800. The topological polar surface area (TPSA) is 90.4 Å². The minimum atomic E-state index is -3.72. The van der Waals surface area contributed by atoms with Gasteiger partial charge >= 0.3 is 6.01 Å². The van der Waals surface area contributed by atoms with Crippen molar-refractivity contribution in [1.82, 2.24) is 9.97 Å². The molecule has 1 N–H and O–H groups in total. The van der Waals surface area contributed by atoms with Crippen LogP contribution in [0.3, 0.4) is 0 Å². The van der Waals surface area contributed by atoms with Gasteiger partial charge in [0.2, 0.25) is 5.88 Å². The Balaban J connectivity index is 2.35. The first-order valence-electron chi connectivity index (χ1n) is 5.59. The third-order valence-electron chi connectivity index (χ3n) is 2.41. The molecule has 0 radical (unpaired) electrons. The van der Waals surface area contributed by atoms with Crippen LogP contribution in [0.1, 0.15) is 0 Å². The molecule has 0 atom stereocenters. The molecule has 0 aliphatic heterocycles. The van der Waals surface area contributed by atoms with Crippen molar-refractivity contribution in [2.45, 2.75) is 4.90 Å². The first-order chi connectivity index (χ1) is 9.56. The van der Waals surface area contributed by atoms with Crippen LogP contribution >= 0.6 is 0 Å². The lowest BCUT2D eigenvalue weighted by Gasteiger charge is -2.11. The molecular formula is C12H13N3O4S. The number of rotatable bonds is 5. The molecule has 0 spiro atoms. The van der Waals surface area contributed by atoms with Crippen LogP contribution in [-0.4, -0.2) is 32.6 Å². The number of benzene rings is 1. The molecule has 8 heteroatoms. The smallest absolute Gasteiger partial charge is 0.319 e. The standard InChI is InChI=1S/C12H13N3O4S/c1-18-11-10(8-13-12(14-11)19-2)15-20(16,17)9-6-4-3-5-7-9/h3-8,15H,1-2H3. The van der Waals surface area contributed by atoms with Gasteiger partial charge in [-0.1, -0.05) is 18.2 Å². The van der Waals surface area contributed by atoms with Crippen LogP contribution < -0.4 is 14.2 Å². The number of anilines is 1. The van der Waals surface area contributed by atoms with E-state index in [4.69, 9.17) is 9.47 Å². The van der Waals surface area contributed by atoms with E-state index in [2.05, 4.69) is 14.7 Å². The van der Waals surface area contributed by atoms with Crippen LogP contribution in [0.25, 0.3) is 0 Å². The predicted molar refractivity (Wildman–Crippen MR) is 72.4 cm³/mol. The normalized spacial score (nSPS) is 10.9. The number of aromatic nitrogens is 2. The minimum Gasteiger partial charge on any atom is -0.479 e. The third-order valence-corrected chi connectivity index (χ3v) is 3.79. The van der Waals surface area contributed by atoms with Gasteiger partial charge in [-0.15, -0.1) is 0 Å². The van der Waals surface area contributed by atoms with E-state index in [9.17, 15) is 8.42 Å². The van der Waals surface area contributed by atoms with Gasteiger partial charge in [0.05, 0.1) is 25.3 Å². The Morgan fingerprint density at radius 1 is 1.10 bits per heavy atom. The highest BCUT2D eigenvalue weighted by atomic mass is 32.2. The van der Waals surface area contributed by atoms with Crippen molar-refractivity contribution in [3.63, 3.8) is 0 Å². The summed E-state index contributed by atoms with van der Waals surface area (Å²) in [6.45, 7) is 0. The maximum atomic E-state index is 12.2. The number of methoxy groups -OCH3 is 2. The molecule has 0 saturated carbocycles. The Morgan fingerprint density at radius 3 is 2.40 bits per heavy atom. The van der Waals surface area contributed by atoms with Crippen LogP contribution in [-0.2, 0) is 10.0 Å². The summed E-state index contributed by atoms with van der Waals surface area (Å²) < 4.78 is 36.6. The number of hydrogen-bond acceptors (Lipinski definition) is 6. The molecule has 1 aromatic heterocycles. The number of ether oxygens (including phenoxy) is 2. The second-order valence-electron chi connectivity index (χ2n) is 3.70. The number of nitrogens with one attached hydrogen (secondary N) is 1. The SMILES string of the molecule is COc1ncc(NS(=O)(=O)c2ccccc2)c(OC)n1. The molecule has 20 heavy (non-hydrogen) atoms. The van der Waals surface area contributed by atoms with Crippen molar-refractivity contribution in [2.24, 2.45) is 0 Å². The van der Waals surface area contributed by atoms with E-state index in [0.717, 1.165) is 0 Å². The second-order valence-corrected chi connectivity index (χ2v) is 5.38. The first kappa shape index (κ1) is 14.1. The molecule has 7 nitrogen and oxygen atoms in total. The number of sulfonamides is 1. The van der Waals surface area contributed by atoms with Crippen molar-refractivity contribution in [1.29, 1.82) is 0 Å². The highest BCUT2D eigenvalue weighted by Crippen LogP contribution is 2.25. The summed E-state index contributed by atoms with van der Waals surface area (Å²) in [4.78, 5) is 7.89. The summed E-state index contributed by atoms with van der Waals surface area (Å²) in [6.07, 6.45) is 1.28. The zero-order chi connectivity index (χ0) is 14.6. The molecule has 0 unspecified atom stereocenters. The van der Waals surface area contributed by atoms with E-state index in [1.165, 1.54) is 32.5 Å². The van der Waals surface area contributed by atoms with Gasteiger partial charge in [0.25, 0.3) is 10.0 Å². The average Bonchev–Trinajstić information content (AvgIpc) is 2.48. The molecule has 0 aliphatic rings. The van der Waals surface area contributed by atoms with E-state index in [0.29, 0.717) is 0 Å². The largest absolute Gasteiger partial charge is 0.479 e. The van der Waals surface area contributed by atoms with Crippen molar-refractivity contribution in [3.8, 4) is 11.9 Å². The van der Waals surface area contributed by atoms with Crippen molar-refractivity contribution < 1.29 is 17.9 Å². The molecule has 1 aromatic carbocycles. The summed E-state index contributed by atoms with van der Waals surface area (Å²) in [6, 6.07) is 8.06. The minimum absolute atomic E-state index is 0.0800. The lowest BCUT2D eigenvalue weighted by Crippen LogP contribution is -2.14. The van der Waals surface area contributed by atoms with Crippen molar-refractivity contribution >= 4 is 15.7 Å². The molecule has 2 rings (SSSR count). The Labute approximate surface area is 116 Å². The lowest BCUT2D eigenvalue weighted by molar-refractivity contribution is 0.353. The van der Waals surface area contributed by atoms with Crippen LogP contribution in [0.4, 0.5) is 5.69 Å². The van der Waals surface area contributed by atoms with Gasteiger partial charge in [-0.2, -0.15) is 4.98 Å². The van der Waals surface area contributed by atoms with Crippen molar-refractivity contribution in [2.75, 3.05) is 18.9 Å². The van der Waals surface area contributed by atoms with E-state index < -0.39 is 10.0 Å². The van der Waals surface area contributed by atoms with Gasteiger partial charge in [0.15, 0.2) is 0 Å². The Bertz CT molecular complexity index is 689. The predicted octanol–water partition coefficient (Wildman–Crippen LogP) is 1.29. The zero-order valence-corrected chi connectivity index (χ0v) is 11.7. The van der Waals surface area contributed by atoms with Gasteiger partial charge in [-0.3, -0.25) is 4.72 Å². The van der Waals surface area contributed by atoms with E-state index >= 15 is 0 Å². The van der Waals surface area contributed by atoms with E-state index in [1.807, 2.05) is 0 Å². The van der Waals surface area contributed by atoms with Crippen LogP contribution in [0.5, 0.6) is 11.9 Å². The molecule has 2 aromatic rings. The summed E-state index contributed by atoms with van der Waals surface area (Å²) in [7, 11) is -0.934. The zero-order valence-electron chi connectivity index (χ0n) is 10.9. The maximum absolute atomic E-state index is 12.2. The Kier molecular flexibility index (Phi) is 4.04. The summed E-state index contributed by atoms with van der Waals surface area (Å²) in [5, 5.41) is 0. The van der Waals surface area contributed by atoms with Gasteiger partial charge < -0.3 is 9.47 Å². The maximum Gasteiger partial charge on any atom is 0.319 e. The summed E-state index contributed by atoms with van der Waals surface area (Å²) in [5.41, 5.74) is 0.136. The molecule has 0 amide bonds. The van der Waals surface area contributed by atoms with Gasteiger partial charge in [-0.25, -0.2) is 13.4 Å². The van der Waals surface area contributed by atoms with Crippen LogP contribution in [0, 0.1) is 0 Å². The highest BCUT2D eigenvalue weighted by molar-refractivity contribution is 7.92. The first-order valence-corrected chi connectivity index (χ1v) is 7.08. The fraction of sp³-hybridized carbons (Fsp3) is 0.167. The highest BCUT2D eigenvalue weighted by Gasteiger charge is 2.17. The molecule has 1 heterocycles. The average molecular weight is 295 g/mol. The fourth-order valence-corrected chi connectivity index (χ4v) is 2.54.